The minimum atomic E-state index is -0.456. The first kappa shape index (κ1) is 16.1. The van der Waals surface area contributed by atoms with E-state index in [4.69, 9.17) is 4.74 Å². The molecule has 0 bridgehead atoms. The van der Waals surface area contributed by atoms with Crippen LogP contribution in [0.1, 0.15) is 58.1 Å². The number of hydrogen-bond acceptors (Lipinski definition) is 4. The Morgan fingerprint density at radius 1 is 1.17 bits per heavy atom. The topological polar surface area (TPSA) is 45.7 Å². The van der Waals surface area contributed by atoms with Gasteiger partial charge in [0.1, 0.15) is 11.4 Å². The third kappa shape index (κ3) is 3.77. The zero-order valence-electron chi connectivity index (χ0n) is 14.4. The van der Waals surface area contributed by atoms with E-state index in [0.29, 0.717) is 0 Å². The Balaban J connectivity index is 1.70. The van der Waals surface area contributed by atoms with Crippen LogP contribution < -0.4 is 4.90 Å². The molecule has 0 saturated carbocycles. The minimum absolute atomic E-state index is 0.0879. The molecule has 2 aliphatic heterocycles. The molecule has 0 aliphatic carbocycles. The molecule has 0 spiro atoms. The van der Waals surface area contributed by atoms with Gasteiger partial charge in [0.05, 0.1) is 6.04 Å². The monoisotopic (exact) mass is 317 g/mol. The number of pyridine rings is 1. The van der Waals surface area contributed by atoms with E-state index < -0.39 is 5.60 Å². The van der Waals surface area contributed by atoms with Gasteiger partial charge in [-0.25, -0.2) is 9.78 Å². The van der Waals surface area contributed by atoms with Gasteiger partial charge in [-0.2, -0.15) is 0 Å². The van der Waals surface area contributed by atoms with Crippen LogP contribution in [0.4, 0.5) is 10.6 Å². The first-order valence-corrected chi connectivity index (χ1v) is 8.64. The van der Waals surface area contributed by atoms with Crippen molar-refractivity contribution in [3.63, 3.8) is 0 Å². The summed E-state index contributed by atoms with van der Waals surface area (Å²) < 4.78 is 5.54. The molecular weight excluding hydrogens is 290 g/mol. The molecule has 0 unspecified atom stereocenters. The quantitative estimate of drug-likeness (QED) is 0.833. The number of hydrogen-bond donors (Lipinski definition) is 0. The van der Waals surface area contributed by atoms with Crippen LogP contribution in [0.2, 0.25) is 0 Å². The van der Waals surface area contributed by atoms with Gasteiger partial charge in [0.2, 0.25) is 0 Å². The van der Waals surface area contributed by atoms with Crippen LogP contribution in [0.15, 0.2) is 18.3 Å². The van der Waals surface area contributed by atoms with Crippen molar-refractivity contribution < 1.29 is 9.53 Å². The molecule has 2 saturated heterocycles. The van der Waals surface area contributed by atoms with E-state index in [1.807, 2.05) is 31.9 Å². The molecular formula is C18H27N3O2. The second kappa shape index (κ2) is 6.38. The molecule has 0 radical (unpaired) electrons. The summed E-state index contributed by atoms with van der Waals surface area (Å²) in [4.78, 5) is 21.2. The van der Waals surface area contributed by atoms with Crippen LogP contribution >= 0.6 is 0 Å². The first-order valence-electron chi connectivity index (χ1n) is 8.64. The molecule has 0 aromatic carbocycles. The Morgan fingerprint density at radius 3 is 2.52 bits per heavy atom. The maximum atomic E-state index is 12.4. The van der Waals surface area contributed by atoms with Gasteiger partial charge >= 0.3 is 6.09 Å². The van der Waals surface area contributed by atoms with Gasteiger partial charge in [0, 0.05) is 25.8 Å². The fraction of sp³-hybridized carbons (Fsp3) is 0.667. The predicted molar refractivity (Wildman–Crippen MR) is 90.6 cm³/mol. The van der Waals surface area contributed by atoms with E-state index in [9.17, 15) is 4.79 Å². The third-order valence-electron chi connectivity index (χ3n) is 4.47. The molecule has 5 heteroatoms. The lowest BCUT2D eigenvalue weighted by atomic mass is 10.1. The maximum absolute atomic E-state index is 12.4. The summed E-state index contributed by atoms with van der Waals surface area (Å²) in [6.07, 6.45) is 6.20. The van der Waals surface area contributed by atoms with E-state index in [1.165, 1.54) is 12.8 Å². The molecule has 5 nitrogen and oxygen atoms in total. The number of nitrogens with zero attached hydrogens (tertiary/aromatic N) is 3. The maximum Gasteiger partial charge on any atom is 0.410 e. The summed E-state index contributed by atoms with van der Waals surface area (Å²) >= 11 is 0. The minimum Gasteiger partial charge on any atom is -0.444 e. The highest BCUT2D eigenvalue weighted by molar-refractivity contribution is 5.69. The Labute approximate surface area is 138 Å². The number of aromatic nitrogens is 1. The highest BCUT2D eigenvalue weighted by Crippen LogP contribution is 2.33. The molecule has 0 N–H and O–H groups in total. The molecule has 2 aliphatic rings. The molecule has 23 heavy (non-hydrogen) atoms. The average Bonchev–Trinajstić information content (AvgIpc) is 3.17. The normalized spacial score (nSPS) is 21.8. The van der Waals surface area contributed by atoms with E-state index >= 15 is 0 Å². The van der Waals surface area contributed by atoms with Gasteiger partial charge in [-0.15, -0.1) is 0 Å². The van der Waals surface area contributed by atoms with Crippen LogP contribution in [-0.4, -0.2) is 41.2 Å². The zero-order valence-corrected chi connectivity index (χ0v) is 14.4. The van der Waals surface area contributed by atoms with Crippen molar-refractivity contribution in [2.75, 3.05) is 24.5 Å². The predicted octanol–water partition coefficient (Wildman–Crippen LogP) is 3.75. The molecule has 2 fully saturated rings. The Morgan fingerprint density at radius 2 is 1.91 bits per heavy atom. The lowest BCUT2D eigenvalue weighted by molar-refractivity contribution is 0.0224. The Kier molecular flexibility index (Phi) is 4.46. The smallest absolute Gasteiger partial charge is 0.410 e. The lowest BCUT2D eigenvalue weighted by Gasteiger charge is -2.29. The van der Waals surface area contributed by atoms with Crippen LogP contribution in [0.3, 0.4) is 0 Å². The number of ether oxygens (including phenoxy) is 1. The van der Waals surface area contributed by atoms with Crippen LogP contribution in [0.5, 0.6) is 0 Å². The van der Waals surface area contributed by atoms with Gasteiger partial charge in [-0.05, 0) is 58.1 Å². The SMILES string of the molecule is CC(C)(C)OC(=O)N1CCC[C@@H]1c1ccc(N2CCCC2)nc1. The number of carbonyl (C=O) groups is 1. The van der Waals surface area contributed by atoms with Gasteiger partial charge < -0.3 is 14.5 Å². The van der Waals surface area contributed by atoms with Gasteiger partial charge in [-0.1, -0.05) is 6.07 Å². The van der Waals surface area contributed by atoms with E-state index in [2.05, 4.69) is 22.0 Å². The zero-order chi connectivity index (χ0) is 16.4. The van der Waals surface area contributed by atoms with Crippen LogP contribution in [0, 0.1) is 0 Å². The van der Waals surface area contributed by atoms with Crippen molar-refractivity contribution in [3.8, 4) is 0 Å². The first-order chi connectivity index (χ1) is 10.9. The number of likely N-dealkylation sites (tertiary alicyclic amines) is 1. The van der Waals surface area contributed by atoms with Gasteiger partial charge in [-0.3, -0.25) is 0 Å². The number of rotatable bonds is 2. The second-order valence-electron chi connectivity index (χ2n) is 7.48. The van der Waals surface area contributed by atoms with E-state index in [-0.39, 0.29) is 12.1 Å². The van der Waals surface area contributed by atoms with Crippen molar-refractivity contribution in [2.45, 2.75) is 58.1 Å². The summed E-state index contributed by atoms with van der Waals surface area (Å²) in [6, 6.07) is 4.30. The summed E-state index contributed by atoms with van der Waals surface area (Å²) in [5, 5.41) is 0. The summed E-state index contributed by atoms with van der Waals surface area (Å²) in [5.74, 6) is 1.05. The fourth-order valence-electron chi connectivity index (χ4n) is 3.38. The van der Waals surface area contributed by atoms with E-state index in [1.54, 1.807) is 0 Å². The van der Waals surface area contributed by atoms with Crippen molar-refractivity contribution in [3.05, 3.63) is 23.9 Å². The number of amides is 1. The average molecular weight is 317 g/mol. The molecule has 1 aromatic heterocycles. The molecule has 1 amide bonds. The summed E-state index contributed by atoms with van der Waals surface area (Å²) in [6.45, 7) is 8.67. The highest BCUT2D eigenvalue weighted by Gasteiger charge is 2.33. The molecule has 1 atom stereocenters. The second-order valence-corrected chi connectivity index (χ2v) is 7.48. The number of anilines is 1. The van der Waals surface area contributed by atoms with Crippen molar-refractivity contribution in [1.29, 1.82) is 0 Å². The highest BCUT2D eigenvalue weighted by atomic mass is 16.6. The summed E-state index contributed by atoms with van der Waals surface area (Å²) in [7, 11) is 0. The molecule has 3 heterocycles. The van der Waals surface area contributed by atoms with E-state index in [0.717, 1.165) is 43.9 Å². The molecule has 1 aromatic rings. The van der Waals surface area contributed by atoms with Crippen molar-refractivity contribution >= 4 is 11.9 Å². The number of carbonyl (C=O) groups excluding carboxylic acids is 1. The standard InChI is InChI=1S/C18H27N3O2/c1-18(2,3)23-17(22)21-12-6-7-15(21)14-8-9-16(19-13-14)20-10-4-5-11-20/h8-9,13,15H,4-7,10-12H2,1-3H3/t15-/m1/s1. The van der Waals surface area contributed by atoms with Crippen LogP contribution in [0.25, 0.3) is 0 Å². The third-order valence-corrected chi connectivity index (χ3v) is 4.47. The van der Waals surface area contributed by atoms with Gasteiger partial charge in [0.25, 0.3) is 0 Å². The summed E-state index contributed by atoms with van der Waals surface area (Å²) in [5.41, 5.74) is 0.651. The molecule has 3 rings (SSSR count). The van der Waals surface area contributed by atoms with Gasteiger partial charge in [0.15, 0.2) is 0 Å². The lowest BCUT2D eigenvalue weighted by Crippen LogP contribution is -2.36. The Hall–Kier alpha value is -1.78. The van der Waals surface area contributed by atoms with Crippen molar-refractivity contribution in [2.24, 2.45) is 0 Å². The molecule has 126 valence electrons. The Bertz CT molecular complexity index is 544. The van der Waals surface area contributed by atoms with Crippen molar-refractivity contribution in [1.82, 2.24) is 9.88 Å². The largest absolute Gasteiger partial charge is 0.444 e. The van der Waals surface area contributed by atoms with Crippen LogP contribution in [-0.2, 0) is 4.74 Å². The fourth-order valence-corrected chi connectivity index (χ4v) is 3.38.